The summed E-state index contributed by atoms with van der Waals surface area (Å²) in [6, 6.07) is 17.1. The number of Topliss-reactive ketones (excluding diaryl/α,β-unsaturated/α-hetero) is 1. The normalized spacial score (nSPS) is 12.3. The number of thioether (sulfide) groups is 1. The summed E-state index contributed by atoms with van der Waals surface area (Å²) in [5.74, 6) is 0.187. The first kappa shape index (κ1) is 24.0. The fraction of sp³-hybridized carbons (Fsp3) is 0.296. The number of ketones is 1. The molecule has 0 amide bonds. The summed E-state index contributed by atoms with van der Waals surface area (Å²) in [4.78, 5) is 31.4. The van der Waals surface area contributed by atoms with Crippen LogP contribution >= 0.6 is 11.8 Å². The molecule has 0 aliphatic rings. The molecule has 4 rings (SSSR count). The Kier molecular flexibility index (Phi) is 7.05. The third-order valence-corrected chi connectivity index (χ3v) is 6.91. The number of aryl methyl sites for hydroxylation is 2. The number of hydrogen-bond donors (Lipinski definition) is 0. The molecule has 0 radical (unpaired) electrons. The summed E-state index contributed by atoms with van der Waals surface area (Å²) in [5, 5.41) is 1.06. The van der Waals surface area contributed by atoms with E-state index in [-0.39, 0.29) is 23.1 Å². The Labute approximate surface area is 203 Å². The summed E-state index contributed by atoms with van der Waals surface area (Å²) in [5.41, 5.74) is 4.91. The summed E-state index contributed by atoms with van der Waals surface area (Å²) in [7, 11) is 1.68. The van der Waals surface area contributed by atoms with E-state index < -0.39 is 0 Å². The molecule has 0 spiro atoms. The average molecular weight is 476 g/mol. The second-order valence-electron chi connectivity index (χ2n) is 8.56. The van der Waals surface area contributed by atoms with Gasteiger partial charge in [0.15, 0.2) is 10.9 Å². The van der Waals surface area contributed by atoms with Gasteiger partial charge in [-0.25, -0.2) is 4.98 Å². The minimum absolute atomic E-state index is 0.00664. The maximum absolute atomic E-state index is 13.4. The van der Waals surface area contributed by atoms with Gasteiger partial charge in [0.25, 0.3) is 5.56 Å². The molecule has 0 saturated heterocycles. The van der Waals surface area contributed by atoms with Crippen LogP contribution in [0.3, 0.4) is 0 Å². The smallest absolute Gasteiger partial charge is 0.266 e. The van der Waals surface area contributed by atoms with E-state index in [1.165, 1.54) is 11.8 Å². The van der Waals surface area contributed by atoms with Crippen molar-refractivity contribution in [2.24, 2.45) is 0 Å². The Morgan fingerprint density at radius 3 is 2.59 bits per heavy atom. The molecular formula is C27H29N3O3S. The number of rotatable bonds is 8. The predicted molar refractivity (Wildman–Crippen MR) is 138 cm³/mol. The first-order valence-electron chi connectivity index (χ1n) is 11.2. The van der Waals surface area contributed by atoms with Crippen molar-refractivity contribution in [3.05, 3.63) is 87.5 Å². The highest BCUT2D eigenvalue weighted by atomic mass is 32.2. The molecule has 0 aliphatic heterocycles. The average Bonchev–Trinajstić information content (AvgIpc) is 3.11. The van der Waals surface area contributed by atoms with Crippen molar-refractivity contribution < 1.29 is 9.53 Å². The predicted octanol–water partition coefficient (Wildman–Crippen LogP) is 5.29. The summed E-state index contributed by atoms with van der Waals surface area (Å²) in [6.45, 7) is 8.60. The Morgan fingerprint density at radius 2 is 1.85 bits per heavy atom. The molecular weight excluding hydrogens is 446 g/mol. The van der Waals surface area contributed by atoms with Gasteiger partial charge < -0.3 is 9.30 Å². The molecule has 0 saturated carbocycles. The maximum Gasteiger partial charge on any atom is 0.266 e. The molecule has 0 aliphatic carbocycles. The number of carbonyl (C=O) groups excluding carboxylic acids is 1. The van der Waals surface area contributed by atoms with Gasteiger partial charge in [0, 0.05) is 24.1 Å². The standard InChI is InChI=1S/C27H29N3O3S/c1-17-9-8-10-21(13-17)30-26(32)22-11-6-7-12-24(22)28-27(30)34-16-25(31)23-14-18(2)29(20(23)4)19(3)15-33-5/h6-14,19H,15-16H2,1-5H3/t19-/m1/s1. The fourth-order valence-corrected chi connectivity index (χ4v) is 5.36. The van der Waals surface area contributed by atoms with Crippen LogP contribution in [0.25, 0.3) is 16.6 Å². The van der Waals surface area contributed by atoms with Crippen LogP contribution in [-0.2, 0) is 4.74 Å². The number of nitrogens with zero attached hydrogens (tertiary/aromatic N) is 3. The van der Waals surface area contributed by atoms with Gasteiger partial charge in [-0.3, -0.25) is 14.2 Å². The second kappa shape index (κ2) is 9.99. The van der Waals surface area contributed by atoms with Gasteiger partial charge in [0.1, 0.15) is 0 Å². The lowest BCUT2D eigenvalue weighted by Crippen LogP contribution is -2.22. The Morgan fingerprint density at radius 1 is 1.09 bits per heavy atom. The van der Waals surface area contributed by atoms with Crippen LogP contribution in [0.2, 0.25) is 0 Å². The molecule has 0 unspecified atom stereocenters. The third kappa shape index (κ3) is 4.58. The van der Waals surface area contributed by atoms with E-state index >= 15 is 0 Å². The van der Waals surface area contributed by atoms with Crippen molar-refractivity contribution >= 4 is 28.4 Å². The molecule has 6 nitrogen and oxygen atoms in total. The molecule has 1 atom stereocenters. The summed E-state index contributed by atoms with van der Waals surface area (Å²) in [6.07, 6.45) is 0. The van der Waals surface area contributed by atoms with Crippen LogP contribution < -0.4 is 5.56 Å². The monoisotopic (exact) mass is 475 g/mol. The van der Waals surface area contributed by atoms with Gasteiger partial charge in [-0.05, 0) is 63.6 Å². The molecule has 2 heterocycles. The lowest BCUT2D eigenvalue weighted by Gasteiger charge is -2.17. The molecule has 2 aromatic carbocycles. The Balaban J connectivity index is 1.71. The minimum atomic E-state index is -0.141. The minimum Gasteiger partial charge on any atom is -0.383 e. The van der Waals surface area contributed by atoms with Crippen LogP contribution in [0, 0.1) is 20.8 Å². The molecule has 0 fully saturated rings. The topological polar surface area (TPSA) is 66.1 Å². The zero-order valence-corrected chi connectivity index (χ0v) is 21.0. The van der Waals surface area contributed by atoms with Crippen molar-refractivity contribution in [3.63, 3.8) is 0 Å². The number of methoxy groups -OCH3 is 1. The van der Waals surface area contributed by atoms with E-state index in [1.807, 2.05) is 69.3 Å². The van der Waals surface area contributed by atoms with Crippen LogP contribution in [0.5, 0.6) is 0 Å². The van der Waals surface area contributed by atoms with E-state index in [4.69, 9.17) is 9.72 Å². The van der Waals surface area contributed by atoms with Crippen LogP contribution in [0.15, 0.2) is 64.5 Å². The summed E-state index contributed by atoms with van der Waals surface area (Å²) >= 11 is 1.29. The maximum atomic E-state index is 13.4. The van der Waals surface area contributed by atoms with Crippen LogP contribution in [-0.4, -0.2) is 39.4 Å². The van der Waals surface area contributed by atoms with Crippen molar-refractivity contribution in [2.75, 3.05) is 19.5 Å². The van der Waals surface area contributed by atoms with Gasteiger partial charge in [0.2, 0.25) is 0 Å². The molecule has 176 valence electrons. The number of aromatic nitrogens is 3. The number of benzene rings is 2. The highest BCUT2D eigenvalue weighted by Crippen LogP contribution is 2.26. The molecule has 0 N–H and O–H groups in total. The van der Waals surface area contributed by atoms with E-state index in [2.05, 4.69) is 11.5 Å². The number of para-hydroxylation sites is 1. The van der Waals surface area contributed by atoms with E-state index in [9.17, 15) is 9.59 Å². The molecule has 34 heavy (non-hydrogen) atoms. The van der Waals surface area contributed by atoms with Gasteiger partial charge in [-0.1, -0.05) is 36.0 Å². The molecule has 2 aromatic heterocycles. The van der Waals surface area contributed by atoms with Gasteiger partial charge in [0.05, 0.1) is 35.0 Å². The lowest BCUT2D eigenvalue weighted by atomic mass is 10.2. The zero-order valence-electron chi connectivity index (χ0n) is 20.2. The zero-order chi connectivity index (χ0) is 24.4. The second-order valence-corrected chi connectivity index (χ2v) is 9.50. The molecule has 4 aromatic rings. The lowest BCUT2D eigenvalue weighted by molar-refractivity contribution is 0.102. The first-order valence-corrected chi connectivity index (χ1v) is 12.2. The SMILES string of the molecule is COC[C@@H](C)n1c(C)cc(C(=O)CSc2nc3ccccc3c(=O)n2-c2cccc(C)c2)c1C. The van der Waals surface area contributed by atoms with Crippen molar-refractivity contribution in [3.8, 4) is 5.69 Å². The quantitative estimate of drug-likeness (QED) is 0.197. The Bertz CT molecular complexity index is 1420. The number of ether oxygens (including phenoxy) is 1. The molecule has 7 heteroatoms. The third-order valence-electron chi connectivity index (χ3n) is 5.97. The number of hydrogen-bond acceptors (Lipinski definition) is 5. The molecule has 0 bridgehead atoms. The van der Waals surface area contributed by atoms with Crippen molar-refractivity contribution in [2.45, 2.75) is 38.9 Å². The van der Waals surface area contributed by atoms with Gasteiger partial charge in [-0.2, -0.15) is 0 Å². The number of carbonyl (C=O) groups is 1. The first-order chi connectivity index (χ1) is 16.3. The van der Waals surface area contributed by atoms with E-state index in [0.717, 1.165) is 22.6 Å². The Hall–Kier alpha value is -3.16. The number of fused-ring (bicyclic) bond motifs is 1. The van der Waals surface area contributed by atoms with Gasteiger partial charge in [-0.15, -0.1) is 0 Å². The van der Waals surface area contributed by atoms with Gasteiger partial charge >= 0.3 is 0 Å². The largest absolute Gasteiger partial charge is 0.383 e. The van der Waals surface area contributed by atoms with E-state index in [0.29, 0.717) is 28.2 Å². The van der Waals surface area contributed by atoms with Crippen LogP contribution in [0.4, 0.5) is 0 Å². The van der Waals surface area contributed by atoms with Crippen LogP contribution in [0.1, 0.15) is 40.3 Å². The van der Waals surface area contributed by atoms with E-state index in [1.54, 1.807) is 17.7 Å². The van der Waals surface area contributed by atoms with Crippen molar-refractivity contribution in [1.29, 1.82) is 0 Å². The highest BCUT2D eigenvalue weighted by Gasteiger charge is 2.20. The fourth-order valence-electron chi connectivity index (χ4n) is 4.47. The van der Waals surface area contributed by atoms with Crippen molar-refractivity contribution in [1.82, 2.24) is 14.1 Å². The highest BCUT2D eigenvalue weighted by molar-refractivity contribution is 7.99. The summed E-state index contributed by atoms with van der Waals surface area (Å²) < 4.78 is 9.05.